The number of amides is 1. The SMILES string of the molecule is CCCC(C)(O)CNC(=O)c1cc([N+](=O)[O-])ccc1C. The number of nitro groups is 1. The lowest BCUT2D eigenvalue weighted by Crippen LogP contribution is -2.40. The number of benzene rings is 1. The van der Waals surface area contributed by atoms with E-state index >= 15 is 0 Å². The average molecular weight is 280 g/mol. The van der Waals surface area contributed by atoms with Crippen molar-refractivity contribution in [3.8, 4) is 0 Å². The van der Waals surface area contributed by atoms with E-state index in [4.69, 9.17) is 0 Å². The molecule has 0 saturated heterocycles. The Morgan fingerprint density at radius 3 is 2.70 bits per heavy atom. The van der Waals surface area contributed by atoms with Crippen molar-refractivity contribution >= 4 is 11.6 Å². The van der Waals surface area contributed by atoms with Crippen LogP contribution in [0.3, 0.4) is 0 Å². The molecule has 0 spiro atoms. The number of rotatable bonds is 6. The van der Waals surface area contributed by atoms with Gasteiger partial charge in [0.25, 0.3) is 11.6 Å². The second-order valence-electron chi connectivity index (χ2n) is 5.19. The van der Waals surface area contributed by atoms with Crippen molar-refractivity contribution in [3.63, 3.8) is 0 Å². The van der Waals surface area contributed by atoms with Gasteiger partial charge >= 0.3 is 0 Å². The number of aryl methyl sites for hydroxylation is 1. The summed E-state index contributed by atoms with van der Waals surface area (Å²) in [5, 5.41) is 23.3. The third-order valence-corrected chi connectivity index (χ3v) is 3.09. The first kappa shape index (κ1) is 16.1. The highest BCUT2D eigenvalue weighted by Crippen LogP contribution is 2.17. The molecule has 0 aromatic heterocycles. The highest BCUT2D eigenvalue weighted by atomic mass is 16.6. The maximum Gasteiger partial charge on any atom is 0.270 e. The second-order valence-corrected chi connectivity index (χ2v) is 5.19. The molecule has 1 aromatic rings. The van der Waals surface area contributed by atoms with Crippen molar-refractivity contribution in [2.24, 2.45) is 0 Å². The molecule has 0 saturated carbocycles. The van der Waals surface area contributed by atoms with Crippen LogP contribution in [-0.2, 0) is 0 Å². The first-order chi connectivity index (χ1) is 9.26. The monoisotopic (exact) mass is 280 g/mol. The summed E-state index contributed by atoms with van der Waals surface area (Å²) in [6.45, 7) is 5.42. The third-order valence-electron chi connectivity index (χ3n) is 3.09. The second kappa shape index (κ2) is 6.47. The summed E-state index contributed by atoms with van der Waals surface area (Å²) in [5.41, 5.74) is -0.185. The van der Waals surface area contributed by atoms with Gasteiger partial charge in [-0.2, -0.15) is 0 Å². The first-order valence-corrected chi connectivity index (χ1v) is 6.52. The van der Waals surface area contributed by atoms with Gasteiger partial charge in [0.1, 0.15) is 0 Å². The van der Waals surface area contributed by atoms with Crippen LogP contribution in [-0.4, -0.2) is 28.1 Å². The van der Waals surface area contributed by atoms with Crippen LogP contribution in [0.15, 0.2) is 18.2 Å². The molecule has 6 nitrogen and oxygen atoms in total. The average Bonchev–Trinajstić information content (AvgIpc) is 2.36. The molecule has 2 N–H and O–H groups in total. The molecule has 0 fully saturated rings. The van der Waals surface area contributed by atoms with Crippen molar-refractivity contribution in [1.29, 1.82) is 0 Å². The van der Waals surface area contributed by atoms with Crippen LogP contribution in [0.25, 0.3) is 0 Å². The molecular weight excluding hydrogens is 260 g/mol. The molecule has 6 heteroatoms. The topological polar surface area (TPSA) is 92.5 Å². The van der Waals surface area contributed by atoms with E-state index in [-0.39, 0.29) is 17.8 Å². The molecule has 110 valence electrons. The standard InChI is InChI=1S/C14H20N2O4/c1-4-7-14(3,18)9-15-13(17)12-8-11(16(19)20)6-5-10(12)2/h5-6,8,18H,4,7,9H2,1-3H3,(H,15,17). The normalized spacial score (nSPS) is 13.6. The molecular formula is C14H20N2O4. The van der Waals surface area contributed by atoms with E-state index in [1.54, 1.807) is 13.8 Å². The number of hydrogen-bond acceptors (Lipinski definition) is 4. The minimum atomic E-state index is -0.973. The van der Waals surface area contributed by atoms with E-state index in [1.165, 1.54) is 18.2 Å². The zero-order valence-corrected chi connectivity index (χ0v) is 12.0. The molecule has 20 heavy (non-hydrogen) atoms. The summed E-state index contributed by atoms with van der Waals surface area (Å²) in [5.74, 6) is -0.414. The number of carbonyl (C=O) groups excluding carboxylic acids is 1. The number of hydrogen-bond donors (Lipinski definition) is 2. The van der Waals surface area contributed by atoms with Crippen LogP contribution in [0.5, 0.6) is 0 Å². The number of nitrogens with zero attached hydrogens (tertiary/aromatic N) is 1. The molecule has 1 atom stereocenters. The van der Waals surface area contributed by atoms with Crippen LogP contribution >= 0.6 is 0 Å². The van der Waals surface area contributed by atoms with Gasteiger partial charge in [-0.1, -0.05) is 19.4 Å². The Kier molecular flexibility index (Phi) is 5.21. The quantitative estimate of drug-likeness (QED) is 0.617. The summed E-state index contributed by atoms with van der Waals surface area (Å²) >= 11 is 0. The maximum absolute atomic E-state index is 12.0. The van der Waals surface area contributed by atoms with Gasteiger partial charge in [-0.05, 0) is 25.8 Å². The Morgan fingerprint density at radius 2 is 2.15 bits per heavy atom. The van der Waals surface area contributed by atoms with E-state index in [0.717, 1.165) is 6.42 Å². The van der Waals surface area contributed by atoms with Gasteiger partial charge in [0, 0.05) is 24.2 Å². The smallest absolute Gasteiger partial charge is 0.270 e. The number of nitro benzene ring substituents is 1. The van der Waals surface area contributed by atoms with Crippen molar-refractivity contribution < 1.29 is 14.8 Å². The Balaban J connectivity index is 2.82. The molecule has 1 amide bonds. The molecule has 0 radical (unpaired) electrons. The van der Waals surface area contributed by atoms with Gasteiger partial charge in [0.2, 0.25) is 0 Å². The lowest BCUT2D eigenvalue weighted by Gasteiger charge is -2.23. The third kappa shape index (κ3) is 4.31. The summed E-state index contributed by atoms with van der Waals surface area (Å²) in [6.07, 6.45) is 1.37. The van der Waals surface area contributed by atoms with Gasteiger partial charge in [0.05, 0.1) is 10.5 Å². The van der Waals surface area contributed by atoms with Crippen LogP contribution in [0.1, 0.15) is 42.6 Å². The fourth-order valence-corrected chi connectivity index (χ4v) is 1.96. The van der Waals surface area contributed by atoms with E-state index in [0.29, 0.717) is 12.0 Å². The largest absolute Gasteiger partial charge is 0.388 e. The first-order valence-electron chi connectivity index (χ1n) is 6.52. The predicted molar refractivity (Wildman–Crippen MR) is 75.7 cm³/mol. The highest BCUT2D eigenvalue weighted by Gasteiger charge is 2.21. The molecule has 1 aromatic carbocycles. The predicted octanol–water partition coefficient (Wildman–Crippen LogP) is 2.18. The van der Waals surface area contributed by atoms with E-state index in [1.807, 2.05) is 6.92 Å². The minimum Gasteiger partial charge on any atom is -0.388 e. The van der Waals surface area contributed by atoms with Crippen LogP contribution in [0.4, 0.5) is 5.69 Å². The zero-order chi connectivity index (χ0) is 15.3. The summed E-state index contributed by atoms with van der Waals surface area (Å²) in [6, 6.07) is 4.15. The van der Waals surface area contributed by atoms with Gasteiger partial charge < -0.3 is 10.4 Å². The van der Waals surface area contributed by atoms with Crippen LogP contribution < -0.4 is 5.32 Å². The highest BCUT2D eigenvalue weighted by molar-refractivity contribution is 5.96. The molecule has 0 aliphatic carbocycles. The van der Waals surface area contributed by atoms with E-state index in [2.05, 4.69) is 5.32 Å². The summed E-state index contributed by atoms with van der Waals surface area (Å²) < 4.78 is 0. The van der Waals surface area contributed by atoms with Crippen LogP contribution in [0, 0.1) is 17.0 Å². The van der Waals surface area contributed by atoms with Gasteiger partial charge in [-0.3, -0.25) is 14.9 Å². The van der Waals surface area contributed by atoms with Crippen molar-refractivity contribution in [2.45, 2.75) is 39.2 Å². The number of carbonyl (C=O) groups is 1. The van der Waals surface area contributed by atoms with Gasteiger partial charge in [-0.15, -0.1) is 0 Å². The molecule has 1 unspecified atom stereocenters. The van der Waals surface area contributed by atoms with E-state index in [9.17, 15) is 20.0 Å². The number of non-ortho nitro benzene ring substituents is 1. The van der Waals surface area contributed by atoms with Gasteiger partial charge in [-0.25, -0.2) is 0 Å². The minimum absolute atomic E-state index is 0.113. The fraction of sp³-hybridized carbons (Fsp3) is 0.500. The van der Waals surface area contributed by atoms with E-state index < -0.39 is 16.4 Å². The summed E-state index contributed by atoms with van der Waals surface area (Å²) in [4.78, 5) is 22.2. The molecule has 0 bridgehead atoms. The van der Waals surface area contributed by atoms with Crippen molar-refractivity contribution in [3.05, 3.63) is 39.4 Å². The Hall–Kier alpha value is -1.95. The number of nitrogens with one attached hydrogen (secondary N) is 1. The molecule has 0 aliphatic heterocycles. The molecule has 1 rings (SSSR count). The summed E-state index contributed by atoms with van der Waals surface area (Å²) in [7, 11) is 0. The lowest BCUT2D eigenvalue weighted by atomic mass is 10.0. The van der Waals surface area contributed by atoms with Crippen molar-refractivity contribution in [2.75, 3.05) is 6.54 Å². The Labute approximate surface area is 118 Å². The molecule has 0 aliphatic rings. The van der Waals surface area contributed by atoms with Gasteiger partial charge in [0.15, 0.2) is 0 Å². The molecule has 0 heterocycles. The zero-order valence-electron chi connectivity index (χ0n) is 12.0. The van der Waals surface area contributed by atoms with Crippen LogP contribution in [0.2, 0.25) is 0 Å². The Morgan fingerprint density at radius 1 is 1.50 bits per heavy atom. The maximum atomic E-state index is 12.0. The van der Waals surface area contributed by atoms with Crippen molar-refractivity contribution in [1.82, 2.24) is 5.32 Å². The fourth-order valence-electron chi connectivity index (χ4n) is 1.96. The number of aliphatic hydroxyl groups is 1. The Bertz CT molecular complexity index is 512. The lowest BCUT2D eigenvalue weighted by molar-refractivity contribution is -0.384.